The molecule has 0 unspecified atom stereocenters. The molecule has 0 spiro atoms. The lowest BCUT2D eigenvalue weighted by Crippen LogP contribution is -2.00. The number of hydrogen-bond acceptors (Lipinski definition) is 4. The molecule has 4 nitrogen and oxygen atoms in total. The molecule has 0 bridgehead atoms. The Balaban J connectivity index is 2.76. The Hall–Kier alpha value is -1.58. The molecule has 0 aliphatic carbocycles. The maximum absolute atomic E-state index is 10.7. The molecule has 0 aliphatic heterocycles. The first kappa shape index (κ1) is 7.53. The van der Waals surface area contributed by atoms with Gasteiger partial charge in [0.05, 0.1) is 0 Å². The first-order valence-electron chi connectivity index (χ1n) is 2.95. The van der Waals surface area contributed by atoms with Crippen molar-refractivity contribution in [1.82, 2.24) is 0 Å². The van der Waals surface area contributed by atoms with Crippen molar-refractivity contribution >= 4 is 12.4 Å². The average Bonchev–Trinajstić information content (AvgIpc) is 2.36. The van der Waals surface area contributed by atoms with E-state index in [4.69, 9.17) is 4.42 Å². The van der Waals surface area contributed by atoms with Crippen LogP contribution in [0.2, 0.25) is 0 Å². The van der Waals surface area contributed by atoms with E-state index < -0.39 is 5.97 Å². The summed E-state index contributed by atoms with van der Waals surface area (Å²) in [6.45, 7) is 1.76. The molecule has 1 rings (SSSR count). The number of furan rings is 1. The van der Waals surface area contributed by atoms with Crippen LogP contribution in [-0.2, 0) is 9.53 Å². The number of rotatable bonds is 2. The summed E-state index contributed by atoms with van der Waals surface area (Å²) in [5.74, 6) is -0.134. The van der Waals surface area contributed by atoms with E-state index >= 15 is 0 Å². The van der Waals surface area contributed by atoms with Crippen molar-refractivity contribution in [3.8, 4) is 0 Å². The molecule has 0 N–H and O–H groups in total. The minimum atomic E-state index is -0.770. The van der Waals surface area contributed by atoms with E-state index in [1.807, 2.05) is 0 Å². The van der Waals surface area contributed by atoms with Crippen molar-refractivity contribution in [2.45, 2.75) is 6.92 Å². The van der Waals surface area contributed by atoms with Crippen LogP contribution in [0.3, 0.4) is 0 Å². The molecule has 0 radical (unpaired) electrons. The van der Waals surface area contributed by atoms with E-state index in [-0.39, 0.29) is 12.2 Å². The zero-order valence-corrected chi connectivity index (χ0v) is 5.87. The number of carbonyl (C=O) groups excluding carboxylic acids is 2. The Bertz CT molecular complexity index is 274. The van der Waals surface area contributed by atoms with Crippen LogP contribution in [0, 0.1) is 6.92 Å². The molecule has 1 heterocycles. The highest BCUT2D eigenvalue weighted by atomic mass is 16.6. The van der Waals surface area contributed by atoms with Crippen LogP contribution in [0.15, 0.2) is 16.5 Å². The van der Waals surface area contributed by atoms with Crippen LogP contribution in [-0.4, -0.2) is 12.4 Å². The lowest BCUT2D eigenvalue weighted by Gasteiger charge is -1.89. The van der Waals surface area contributed by atoms with Crippen molar-refractivity contribution in [2.75, 3.05) is 0 Å². The zero-order chi connectivity index (χ0) is 8.27. The first-order chi connectivity index (χ1) is 5.24. The Morgan fingerprint density at radius 1 is 1.64 bits per heavy atom. The van der Waals surface area contributed by atoms with Gasteiger partial charge in [-0.05, 0) is 19.1 Å². The third kappa shape index (κ3) is 1.67. The molecule has 1 aromatic rings. The Kier molecular flexibility index (Phi) is 2.06. The summed E-state index contributed by atoms with van der Waals surface area (Å²) >= 11 is 0. The molecule has 0 aliphatic rings. The molecule has 0 saturated heterocycles. The van der Waals surface area contributed by atoms with Crippen molar-refractivity contribution in [1.29, 1.82) is 0 Å². The fourth-order valence-corrected chi connectivity index (χ4v) is 0.646. The van der Waals surface area contributed by atoms with Crippen molar-refractivity contribution in [3.05, 3.63) is 23.7 Å². The standard InChI is InChI=1S/C7H6O4/c1-5-2-3-6(11-5)7(9)10-4-8/h2-4H,1H3. The van der Waals surface area contributed by atoms with E-state index in [0.29, 0.717) is 5.76 Å². The number of ether oxygens (including phenoxy) is 1. The van der Waals surface area contributed by atoms with E-state index in [1.165, 1.54) is 6.07 Å². The van der Waals surface area contributed by atoms with Gasteiger partial charge < -0.3 is 9.15 Å². The quantitative estimate of drug-likeness (QED) is 0.360. The van der Waals surface area contributed by atoms with Gasteiger partial charge in [-0.15, -0.1) is 0 Å². The predicted octanol–water partition coefficient (Wildman–Crippen LogP) is 0.901. The first-order valence-corrected chi connectivity index (χ1v) is 2.95. The van der Waals surface area contributed by atoms with Gasteiger partial charge in [0.1, 0.15) is 5.76 Å². The van der Waals surface area contributed by atoms with E-state index in [0.717, 1.165) is 0 Å². The summed E-state index contributed by atoms with van der Waals surface area (Å²) in [5, 5.41) is 0. The zero-order valence-electron chi connectivity index (χ0n) is 5.87. The number of carbonyl (C=O) groups is 2. The maximum atomic E-state index is 10.7. The van der Waals surface area contributed by atoms with Crippen LogP contribution in [0.1, 0.15) is 16.3 Å². The largest absolute Gasteiger partial charge is 0.454 e. The second kappa shape index (κ2) is 3.01. The third-order valence-electron chi connectivity index (χ3n) is 1.10. The summed E-state index contributed by atoms with van der Waals surface area (Å²) in [6.07, 6.45) is 0. The minimum absolute atomic E-state index is 0.0367. The van der Waals surface area contributed by atoms with Crippen LogP contribution in [0.25, 0.3) is 0 Å². The van der Waals surface area contributed by atoms with Gasteiger partial charge >= 0.3 is 12.4 Å². The molecule has 58 valence electrons. The van der Waals surface area contributed by atoms with Gasteiger partial charge in [-0.3, -0.25) is 4.79 Å². The molecule has 4 heteroatoms. The Morgan fingerprint density at radius 3 is 2.82 bits per heavy atom. The monoisotopic (exact) mass is 154 g/mol. The highest BCUT2D eigenvalue weighted by Gasteiger charge is 2.09. The molecule has 0 aromatic carbocycles. The van der Waals surface area contributed by atoms with E-state index in [9.17, 15) is 9.59 Å². The van der Waals surface area contributed by atoms with E-state index in [1.54, 1.807) is 13.0 Å². The molecule has 0 saturated carbocycles. The lowest BCUT2D eigenvalue weighted by atomic mass is 10.4. The van der Waals surface area contributed by atoms with Gasteiger partial charge in [-0.25, -0.2) is 4.79 Å². The van der Waals surface area contributed by atoms with Crippen LogP contribution < -0.4 is 0 Å². The summed E-state index contributed by atoms with van der Waals surface area (Å²) in [5.41, 5.74) is 0. The topological polar surface area (TPSA) is 56.5 Å². The van der Waals surface area contributed by atoms with E-state index in [2.05, 4.69) is 4.74 Å². The SMILES string of the molecule is Cc1ccc(C(=O)OC=O)o1. The number of aryl methyl sites for hydroxylation is 1. The van der Waals surface area contributed by atoms with Crippen molar-refractivity contribution in [3.63, 3.8) is 0 Å². The summed E-state index contributed by atoms with van der Waals surface area (Å²) < 4.78 is 8.89. The summed E-state index contributed by atoms with van der Waals surface area (Å²) in [7, 11) is 0. The lowest BCUT2D eigenvalue weighted by molar-refractivity contribution is -0.124. The number of hydrogen-bond donors (Lipinski definition) is 0. The smallest absolute Gasteiger partial charge is 0.381 e. The highest BCUT2D eigenvalue weighted by molar-refractivity contribution is 5.90. The minimum Gasteiger partial charge on any atom is -0.454 e. The van der Waals surface area contributed by atoms with Gasteiger partial charge in [0.25, 0.3) is 0 Å². The van der Waals surface area contributed by atoms with Gasteiger partial charge in [0.2, 0.25) is 5.76 Å². The maximum Gasteiger partial charge on any atom is 0.381 e. The molecule has 0 fully saturated rings. The van der Waals surface area contributed by atoms with Crippen LogP contribution in [0.4, 0.5) is 0 Å². The molecular formula is C7H6O4. The molecule has 11 heavy (non-hydrogen) atoms. The fraction of sp³-hybridized carbons (Fsp3) is 0.143. The molecular weight excluding hydrogens is 148 g/mol. The third-order valence-corrected chi connectivity index (χ3v) is 1.10. The highest BCUT2D eigenvalue weighted by Crippen LogP contribution is 2.06. The van der Waals surface area contributed by atoms with Gasteiger partial charge in [-0.2, -0.15) is 0 Å². The van der Waals surface area contributed by atoms with Gasteiger partial charge in [0.15, 0.2) is 0 Å². The molecule has 0 amide bonds. The van der Waals surface area contributed by atoms with Crippen LogP contribution in [0.5, 0.6) is 0 Å². The average molecular weight is 154 g/mol. The van der Waals surface area contributed by atoms with Crippen molar-refractivity contribution in [2.24, 2.45) is 0 Å². The normalized spacial score (nSPS) is 9.18. The molecule has 0 atom stereocenters. The predicted molar refractivity (Wildman–Crippen MR) is 34.9 cm³/mol. The van der Waals surface area contributed by atoms with Crippen molar-refractivity contribution < 1.29 is 18.7 Å². The fourth-order valence-electron chi connectivity index (χ4n) is 0.646. The second-order valence-corrected chi connectivity index (χ2v) is 1.91. The van der Waals surface area contributed by atoms with Gasteiger partial charge in [0, 0.05) is 0 Å². The van der Waals surface area contributed by atoms with Gasteiger partial charge in [-0.1, -0.05) is 0 Å². The Morgan fingerprint density at radius 2 is 2.36 bits per heavy atom. The summed E-state index contributed by atoms with van der Waals surface area (Å²) in [6, 6.07) is 3.06. The summed E-state index contributed by atoms with van der Waals surface area (Å²) in [4.78, 5) is 20.4. The number of esters is 1. The second-order valence-electron chi connectivity index (χ2n) is 1.91. The van der Waals surface area contributed by atoms with Crippen LogP contribution >= 0.6 is 0 Å². The Labute approximate surface area is 62.8 Å². The molecule has 1 aromatic heterocycles.